The van der Waals surface area contributed by atoms with Gasteiger partial charge in [-0.1, -0.05) is 0 Å². The highest BCUT2D eigenvalue weighted by molar-refractivity contribution is 5.20. The average molecular weight is 345 g/mol. The van der Waals surface area contributed by atoms with Gasteiger partial charge in [0.2, 0.25) is 0 Å². The molecule has 1 aromatic heterocycles. The Labute approximate surface area is 148 Å². The van der Waals surface area contributed by atoms with Crippen molar-refractivity contribution in [2.45, 2.75) is 44.8 Å². The van der Waals surface area contributed by atoms with Crippen molar-refractivity contribution < 1.29 is 4.92 Å². The van der Waals surface area contributed by atoms with Crippen LogP contribution in [0.4, 0.5) is 5.69 Å². The van der Waals surface area contributed by atoms with Crippen molar-refractivity contribution in [2.24, 2.45) is 23.7 Å². The molecule has 4 saturated carbocycles. The molecule has 7 nitrogen and oxygen atoms in total. The molecule has 4 bridgehead atoms. The maximum Gasteiger partial charge on any atom is 0.307 e. The molecule has 5 fully saturated rings. The van der Waals surface area contributed by atoms with Crippen LogP contribution in [-0.2, 0) is 6.67 Å². The van der Waals surface area contributed by atoms with Crippen LogP contribution in [0.2, 0.25) is 0 Å². The Morgan fingerprint density at radius 3 is 2.24 bits per heavy atom. The average Bonchev–Trinajstić information content (AvgIpc) is 3.04. The molecule has 1 saturated heterocycles. The highest BCUT2D eigenvalue weighted by Gasteiger charge is 2.50. The second-order valence-corrected chi connectivity index (χ2v) is 8.71. The summed E-state index contributed by atoms with van der Waals surface area (Å²) in [5.74, 6) is 3.99. The van der Waals surface area contributed by atoms with Gasteiger partial charge >= 0.3 is 5.69 Å². The molecule has 0 amide bonds. The Kier molecular flexibility index (Phi) is 3.82. The summed E-state index contributed by atoms with van der Waals surface area (Å²) in [4.78, 5) is 15.5. The topological polar surface area (TPSA) is 67.4 Å². The number of rotatable bonds is 4. The van der Waals surface area contributed by atoms with Gasteiger partial charge in [-0.3, -0.25) is 24.6 Å². The summed E-state index contributed by atoms with van der Waals surface area (Å²) in [6.45, 7) is 5.00. The molecule has 2 heterocycles. The monoisotopic (exact) mass is 345 g/mol. The summed E-state index contributed by atoms with van der Waals surface area (Å²) in [7, 11) is 0. The molecule has 136 valence electrons. The van der Waals surface area contributed by atoms with Gasteiger partial charge in [-0.15, -0.1) is 0 Å². The molecule has 0 N–H and O–H groups in total. The largest absolute Gasteiger partial charge is 0.307 e. The van der Waals surface area contributed by atoms with Gasteiger partial charge in [-0.2, -0.15) is 5.10 Å². The van der Waals surface area contributed by atoms with Crippen molar-refractivity contribution in [1.82, 2.24) is 19.6 Å². The number of aromatic nitrogens is 2. The van der Waals surface area contributed by atoms with Crippen molar-refractivity contribution in [3.63, 3.8) is 0 Å². The third-order valence-electron chi connectivity index (χ3n) is 7.18. The molecule has 4 aliphatic carbocycles. The van der Waals surface area contributed by atoms with Gasteiger partial charge in [0.15, 0.2) is 0 Å². The van der Waals surface area contributed by atoms with E-state index in [-0.39, 0.29) is 10.6 Å². The van der Waals surface area contributed by atoms with E-state index >= 15 is 0 Å². The van der Waals surface area contributed by atoms with Crippen LogP contribution in [0.5, 0.6) is 0 Å². The summed E-state index contributed by atoms with van der Waals surface area (Å²) in [6.07, 6.45) is 10.3. The van der Waals surface area contributed by atoms with Crippen molar-refractivity contribution in [1.29, 1.82) is 0 Å². The van der Waals surface area contributed by atoms with Crippen molar-refractivity contribution in [2.75, 3.05) is 26.2 Å². The molecule has 25 heavy (non-hydrogen) atoms. The Balaban J connectivity index is 1.18. The first-order valence-electron chi connectivity index (χ1n) is 9.79. The maximum absolute atomic E-state index is 10.8. The quantitative estimate of drug-likeness (QED) is 0.618. The van der Waals surface area contributed by atoms with Gasteiger partial charge in [0.25, 0.3) is 0 Å². The lowest BCUT2D eigenvalue weighted by Gasteiger charge is -2.58. The van der Waals surface area contributed by atoms with E-state index in [1.807, 2.05) is 0 Å². The standard InChI is InChI=1S/C18H27N5O2/c24-23(25)17-10-19-22(11-17)12-20-1-3-21(4-2-20)18-15-6-13-5-14(8-15)9-16(18)7-13/h10-11,13-16,18H,1-9,12H2. The molecule has 6 rings (SSSR count). The Bertz CT molecular complexity index is 624. The van der Waals surface area contributed by atoms with Crippen molar-refractivity contribution >= 4 is 5.69 Å². The minimum atomic E-state index is -0.381. The van der Waals surface area contributed by atoms with E-state index in [9.17, 15) is 10.1 Å². The van der Waals surface area contributed by atoms with Gasteiger partial charge in [0.1, 0.15) is 12.4 Å². The molecule has 0 unspecified atom stereocenters. The number of nitrogens with zero attached hydrogens (tertiary/aromatic N) is 5. The number of hydrogen-bond donors (Lipinski definition) is 0. The normalized spacial score (nSPS) is 38.3. The zero-order chi connectivity index (χ0) is 17.0. The molecule has 5 aliphatic rings. The van der Waals surface area contributed by atoms with E-state index in [1.165, 1.54) is 44.5 Å². The molecule has 0 aromatic carbocycles. The van der Waals surface area contributed by atoms with E-state index in [2.05, 4.69) is 14.9 Å². The minimum absolute atomic E-state index is 0.0761. The lowest BCUT2D eigenvalue weighted by atomic mass is 9.54. The van der Waals surface area contributed by atoms with E-state index < -0.39 is 0 Å². The summed E-state index contributed by atoms with van der Waals surface area (Å²) < 4.78 is 1.69. The zero-order valence-electron chi connectivity index (χ0n) is 14.7. The Morgan fingerprint density at radius 1 is 1.04 bits per heavy atom. The lowest BCUT2D eigenvalue weighted by Crippen LogP contribution is -2.60. The second kappa shape index (κ2) is 6.06. The number of hydrogen-bond acceptors (Lipinski definition) is 5. The first kappa shape index (κ1) is 15.8. The van der Waals surface area contributed by atoms with Crippen LogP contribution >= 0.6 is 0 Å². The number of nitro groups is 1. The summed E-state index contributed by atoms with van der Waals surface area (Å²) >= 11 is 0. The molecular formula is C18H27N5O2. The van der Waals surface area contributed by atoms with Crippen molar-refractivity contribution in [3.05, 3.63) is 22.5 Å². The first-order valence-corrected chi connectivity index (χ1v) is 9.79. The van der Waals surface area contributed by atoms with Crippen LogP contribution in [0.15, 0.2) is 12.4 Å². The molecule has 1 aromatic rings. The maximum atomic E-state index is 10.8. The molecule has 0 radical (unpaired) electrons. The molecular weight excluding hydrogens is 318 g/mol. The van der Waals surface area contributed by atoms with Gasteiger partial charge < -0.3 is 0 Å². The van der Waals surface area contributed by atoms with Gasteiger partial charge in [0.05, 0.1) is 11.6 Å². The van der Waals surface area contributed by atoms with Crippen LogP contribution in [0, 0.1) is 33.8 Å². The molecule has 0 spiro atoms. The van der Waals surface area contributed by atoms with Crippen LogP contribution in [0.1, 0.15) is 32.1 Å². The van der Waals surface area contributed by atoms with E-state index in [0.29, 0.717) is 6.67 Å². The predicted octanol–water partition coefficient (Wildman–Crippen LogP) is 2.19. The Hall–Kier alpha value is -1.47. The fraction of sp³-hybridized carbons (Fsp3) is 0.833. The Morgan fingerprint density at radius 2 is 1.68 bits per heavy atom. The zero-order valence-corrected chi connectivity index (χ0v) is 14.7. The van der Waals surface area contributed by atoms with E-state index in [4.69, 9.17) is 0 Å². The molecule has 7 heteroatoms. The van der Waals surface area contributed by atoms with E-state index in [1.54, 1.807) is 4.68 Å². The number of piperazine rings is 1. The van der Waals surface area contributed by atoms with Crippen LogP contribution < -0.4 is 0 Å². The van der Waals surface area contributed by atoms with Crippen molar-refractivity contribution in [3.8, 4) is 0 Å². The third-order valence-corrected chi connectivity index (χ3v) is 7.18. The van der Waals surface area contributed by atoms with Crippen LogP contribution in [0.3, 0.4) is 0 Å². The van der Waals surface area contributed by atoms with E-state index in [0.717, 1.165) is 55.9 Å². The minimum Gasteiger partial charge on any atom is -0.297 e. The van der Waals surface area contributed by atoms with Gasteiger partial charge in [-0.05, 0) is 55.8 Å². The smallest absolute Gasteiger partial charge is 0.297 e. The predicted molar refractivity (Wildman–Crippen MR) is 92.9 cm³/mol. The first-order chi connectivity index (χ1) is 12.2. The highest BCUT2D eigenvalue weighted by Crippen LogP contribution is 2.55. The summed E-state index contributed by atoms with van der Waals surface area (Å²) in [6, 6.07) is 0.834. The van der Waals surface area contributed by atoms with Crippen LogP contribution in [-0.4, -0.2) is 56.7 Å². The lowest BCUT2D eigenvalue weighted by molar-refractivity contribution is -0.385. The molecule has 1 aliphatic heterocycles. The molecule has 0 atom stereocenters. The summed E-state index contributed by atoms with van der Waals surface area (Å²) in [5.41, 5.74) is 0.0761. The fourth-order valence-electron chi connectivity index (χ4n) is 6.42. The van der Waals surface area contributed by atoms with Crippen LogP contribution in [0.25, 0.3) is 0 Å². The van der Waals surface area contributed by atoms with Gasteiger partial charge in [-0.25, -0.2) is 0 Å². The fourth-order valence-corrected chi connectivity index (χ4v) is 6.42. The highest BCUT2D eigenvalue weighted by atomic mass is 16.6. The summed E-state index contributed by atoms with van der Waals surface area (Å²) in [5, 5.41) is 14.9. The van der Waals surface area contributed by atoms with Gasteiger partial charge in [0, 0.05) is 32.2 Å². The second-order valence-electron chi connectivity index (χ2n) is 8.71. The SMILES string of the molecule is O=[N+]([O-])c1cnn(CN2CCN(C3C4CC5CC(C4)CC3C5)CC2)c1. The third kappa shape index (κ3) is 2.87.